The van der Waals surface area contributed by atoms with Crippen LogP contribution in [0.1, 0.15) is 12.0 Å². The predicted octanol–water partition coefficient (Wildman–Crippen LogP) is 2.44. The zero-order valence-electron chi connectivity index (χ0n) is 9.56. The Morgan fingerprint density at radius 2 is 2.24 bits per heavy atom. The smallest absolute Gasteiger partial charge is 0.407 e. The topological polar surface area (TPSA) is 38.3 Å². The van der Waals surface area contributed by atoms with Crippen molar-refractivity contribution in [2.75, 3.05) is 6.61 Å². The predicted molar refractivity (Wildman–Crippen MR) is 65.7 cm³/mol. The molecule has 1 atom stereocenters. The van der Waals surface area contributed by atoms with Crippen LogP contribution in [-0.2, 0) is 11.2 Å². The number of amides is 1. The molecule has 1 unspecified atom stereocenters. The Morgan fingerprint density at radius 1 is 1.41 bits per heavy atom. The third-order valence-corrected chi connectivity index (χ3v) is 2.53. The quantitative estimate of drug-likeness (QED) is 0.805. The summed E-state index contributed by atoms with van der Waals surface area (Å²) >= 11 is 0. The summed E-state index contributed by atoms with van der Waals surface area (Å²) in [6.07, 6.45) is 5.42. The number of nitrogens with one attached hydrogen (secondary N) is 1. The zero-order chi connectivity index (χ0) is 11.9. The van der Waals surface area contributed by atoms with Crippen LogP contribution in [0.5, 0.6) is 0 Å². The van der Waals surface area contributed by atoms with Crippen LogP contribution in [0, 0.1) is 0 Å². The highest BCUT2D eigenvalue weighted by atomic mass is 16.6. The number of carbonyl (C=O) groups excluding carboxylic acids is 1. The number of aryl methyl sites for hydroxylation is 1. The van der Waals surface area contributed by atoms with Gasteiger partial charge in [-0.25, -0.2) is 4.79 Å². The van der Waals surface area contributed by atoms with Crippen molar-refractivity contribution < 1.29 is 9.53 Å². The molecule has 3 heteroatoms. The molecule has 3 nitrogen and oxygen atoms in total. The Bertz CT molecular complexity index is 433. The number of carbonyl (C=O) groups is 1. The van der Waals surface area contributed by atoms with Crippen molar-refractivity contribution >= 4 is 6.09 Å². The minimum absolute atomic E-state index is 0.0320. The lowest BCUT2D eigenvalue weighted by Crippen LogP contribution is -2.23. The molecule has 0 aromatic heterocycles. The van der Waals surface area contributed by atoms with E-state index in [4.69, 9.17) is 4.74 Å². The number of cyclic esters (lactones) is 1. The van der Waals surface area contributed by atoms with E-state index in [-0.39, 0.29) is 12.1 Å². The molecule has 88 valence electrons. The van der Waals surface area contributed by atoms with Gasteiger partial charge in [0, 0.05) is 0 Å². The summed E-state index contributed by atoms with van der Waals surface area (Å²) in [5.74, 6) is 0. The van der Waals surface area contributed by atoms with Crippen LogP contribution in [0.3, 0.4) is 0 Å². The maximum atomic E-state index is 10.7. The van der Waals surface area contributed by atoms with Crippen LogP contribution in [0.4, 0.5) is 4.79 Å². The highest BCUT2D eigenvalue weighted by molar-refractivity contribution is 5.70. The van der Waals surface area contributed by atoms with E-state index in [1.165, 1.54) is 5.56 Å². The molecule has 0 radical (unpaired) electrons. The van der Waals surface area contributed by atoms with Crippen LogP contribution < -0.4 is 5.32 Å². The zero-order valence-corrected chi connectivity index (χ0v) is 9.56. The van der Waals surface area contributed by atoms with Crippen molar-refractivity contribution in [2.45, 2.75) is 18.9 Å². The van der Waals surface area contributed by atoms with Gasteiger partial charge in [0.1, 0.15) is 6.61 Å². The number of benzene rings is 1. The maximum absolute atomic E-state index is 10.7. The summed E-state index contributed by atoms with van der Waals surface area (Å²) in [5, 5.41) is 2.66. The number of ether oxygens (including phenoxy) is 1. The second-order valence-electron chi connectivity index (χ2n) is 3.91. The molecule has 0 saturated carbocycles. The third kappa shape index (κ3) is 3.82. The van der Waals surface area contributed by atoms with E-state index in [0.29, 0.717) is 6.61 Å². The van der Waals surface area contributed by atoms with Gasteiger partial charge in [0.2, 0.25) is 0 Å². The highest BCUT2D eigenvalue weighted by Gasteiger charge is 2.18. The molecule has 1 heterocycles. The molecule has 17 heavy (non-hydrogen) atoms. The van der Waals surface area contributed by atoms with Crippen molar-refractivity contribution in [2.24, 2.45) is 0 Å². The molecule has 1 amide bonds. The van der Waals surface area contributed by atoms with Gasteiger partial charge in [0.05, 0.1) is 6.04 Å². The molecule has 1 fully saturated rings. The van der Waals surface area contributed by atoms with Gasteiger partial charge in [-0.15, -0.1) is 5.73 Å². The van der Waals surface area contributed by atoms with Crippen LogP contribution in [0.2, 0.25) is 0 Å². The van der Waals surface area contributed by atoms with Crippen molar-refractivity contribution in [3.05, 3.63) is 53.8 Å². The van der Waals surface area contributed by atoms with E-state index >= 15 is 0 Å². The number of alkyl carbamates (subject to hydrolysis) is 1. The molecule has 1 saturated heterocycles. The van der Waals surface area contributed by atoms with E-state index in [2.05, 4.69) is 23.2 Å². The fourth-order valence-corrected chi connectivity index (χ4v) is 1.64. The number of hydrogen-bond donors (Lipinski definition) is 1. The monoisotopic (exact) mass is 229 g/mol. The molecule has 1 aliphatic heterocycles. The van der Waals surface area contributed by atoms with Crippen molar-refractivity contribution in [1.82, 2.24) is 5.32 Å². The second-order valence-corrected chi connectivity index (χ2v) is 3.91. The second kappa shape index (κ2) is 5.92. The van der Waals surface area contributed by atoms with Gasteiger partial charge < -0.3 is 10.1 Å². The summed E-state index contributed by atoms with van der Waals surface area (Å²) in [4.78, 5) is 10.7. The SMILES string of the molecule is O=C1NC(C=C=CCCc2ccccc2)CO1. The van der Waals surface area contributed by atoms with E-state index in [1.54, 1.807) is 0 Å². The summed E-state index contributed by atoms with van der Waals surface area (Å²) in [7, 11) is 0. The first-order valence-corrected chi connectivity index (χ1v) is 5.73. The van der Waals surface area contributed by atoms with E-state index in [0.717, 1.165) is 12.8 Å². The van der Waals surface area contributed by atoms with Gasteiger partial charge in [0.25, 0.3) is 0 Å². The van der Waals surface area contributed by atoms with Crippen LogP contribution in [-0.4, -0.2) is 18.7 Å². The lowest BCUT2D eigenvalue weighted by Gasteiger charge is -1.96. The van der Waals surface area contributed by atoms with Crippen LogP contribution >= 0.6 is 0 Å². The summed E-state index contributed by atoms with van der Waals surface area (Å²) in [6.45, 7) is 0.401. The van der Waals surface area contributed by atoms with Gasteiger partial charge in [-0.2, -0.15) is 0 Å². The van der Waals surface area contributed by atoms with Crippen LogP contribution in [0.25, 0.3) is 0 Å². The first-order chi connectivity index (χ1) is 8.34. The van der Waals surface area contributed by atoms with E-state index < -0.39 is 0 Å². The van der Waals surface area contributed by atoms with Crippen LogP contribution in [0.15, 0.2) is 48.2 Å². The standard InChI is InChI=1S/C14H15NO2/c16-14-15-13(11-17-14)10-6-2-5-9-12-7-3-1-4-8-12/h1-4,7-8,10,13H,5,9,11H2,(H,15,16). The fraction of sp³-hybridized carbons (Fsp3) is 0.286. The molecule has 1 aliphatic rings. The fourth-order valence-electron chi connectivity index (χ4n) is 1.64. The number of hydrogen-bond acceptors (Lipinski definition) is 2. The first kappa shape index (κ1) is 11.5. The first-order valence-electron chi connectivity index (χ1n) is 5.73. The van der Waals surface area contributed by atoms with Gasteiger partial charge >= 0.3 is 6.09 Å². The largest absolute Gasteiger partial charge is 0.447 e. The van der Waals surface area contributed by atoms with Gasteiger partial charge in [-0.05, 0) is 30.6 Å². The lowest BCUT2D eigenvalue weighted by molar-refractivity contribution is 0.177. The molecule has 0 bridgehead atoms. The van der Waals surface area contributed by atoms with Gasteiger partial charge in [-0.3, -0.25) is 0 Å². The molecular weight excluding hydrogens is 214 g/mol. The summed E-state index contributed by atoms with van der Waals surface area (Å²) in [6, 6.07) is 10.3. The maximum Gasteiger partial charge on any atom is 0.407 e. The summed E-state index contributed by atoms with van der Waals surface area (Å²) < 4.78 is 4.76. The Kier molecular flexibility index (Phi) is 4.00. The molecule has 2 rings (SSSR count). The molecule has 1 aromatic carbocycles. The average Bonchev–Trinajstić information content (AvgIpc) is 2.76. The Balaban J connectivity index is 1.74. The number of rotatable bonds is 4. The minimum atomic E-state index is -0.350. The summed E-state index contributed by atoms with van der Waals surface area (Å²) in [5.41, 5.74) is 4.40. The molecule has 1 N–H and O–H groups in total. The molecule has 0 spiro atoms. The van der Waals surface area contributed by atoms with E-state index in [1.807, 2.05) is 30.4 Å². The highest BCUT2D eigenvalue weighted by Crippen LogP contribution is 2.02. The molecule has 1 aromatic rings. The van der Waals surface area contributed by atoms with Gasteiger partial charge in [0.15, 0.2) is 0 Å². The normalized spacial score (nSPS) is 17.9. The minimum Gasteiger partial charge on any atom is -0.447 e. The Morgan fingerprint density at radius 3 is 2.94 bits per heavy atom. The van der Waals surface area contributed by atoms with Crippen molar-refractivity contribution in [3.63, 3.8) is 0 Å². The average molecular weight is 229 g/mol. The van der Waals surface area contributed by atoms with Gasteiger partial charge in [-0.1, -0.05) is 30.3 Å². The Labute approximate surface area is 101 Å². The third-order valence-electron chi connectivity index (χ3n) is 2.53. The van der Waals surface area contributed by atoms with Crippen molar-refractivity contribution in [3.8, 4) is 0 Å². The molecular formula is C14H15NO2. The Hall–Kier alpha value is -1.99. The van der Waals surface area contributed by atoms with Crippen molar-refractivity contribution in [1.29, 1.82) is 0 Å². The lowest BCUT2D eigenvalue weighted by atomic mass is 10.1. The molecule has 0 aliphatic carbocycles. The van der Waals surface area contributed by atoms with E-state index in [9.17, 15) is 4.79 Å².